The summed E-state index contributed by atoms with van der Waals surface area (Å²) in [5, 5.41) is 1.22. The van der Waals surface area contributed by atoms with Crippen molar-refractivity contribution in [2.24, 2.45) is 0 Å². The van der Waals surface area contributed by atoms with E-state index in [0.717, 1.165) is 16.9 Å². The smallest absolute Gasteiger partial charge is 0.261 e. The molecule has 0 saturated carbocycles. The first kappa shape index (κ1) is 22.1. The van der Waals surface area contributed by atoms with Gasteiger partial charge in [0.2, 0.25) is 0 Å². The second kappa shape index (κ2) is 9.98. The van der Waals surface area contributed by atoms with Gasteiger partial charge in [0.05, 0.1) is 30.7 Å². The second-order valence-electron chi connectivity index (χ2n) is 7.58. The van der Waals surface area contributed by atoms with Crippen molar-refractivity contribution in [3.05, 3.63) is 93.2 Å². The monoisotopic (exact) mass is 448 g/mol. The molecule has 0 N–H and O–H groups in total. The molecule has 0 radical (unpaired) electrons. The first-order valence-corrected chi connectivity index (χ1v) is 10.9. The fraction of sp³-hybridized carbons (Fsp3) is 0.231. The molecule has 6 heteroatoms. The largest absolute Gasteiger partial charge is 0.491 e. The van der Waals surface area contributed by atoms with Gasteiger partial charge < -0.3 is 9.47 Å². The van der Waals surface area contributed by atoms with Crippen LogP contribution in [0.15, 0.2) is 71.5 Å². The fourth-order valence-electron chi connectivity index (χ4n) is 3.54. The van der Waals surface area contributed by atoms with Crippen molar-refractivity contribution in [1.29, 1.82) is 0 Å². The van der Waals surface area contributed by atoms with Crippen LogP contribution < -0.4 is 10.3 Å². The lowest BCUT2D eigenvalue weighted by Gasteiger charge is -2.14. The quantitative estimate of drug-likeness (QED) is 0.337. The molecule has 0 fully saturated rings. The Hall–Kier alpha value is -3.15. The lowest BCUT2D eigenvalue weighted by molar-refractivity contribution is 0.0938. The molecule has 5 nitrogen and oxygen atoms in total. The van der Waals surface area contributed by atoms with Crippen LogP contribution >= 0.6 is 11.6 Å². The third-order valence-electron chi connectivity index (χ3n) is 5.46. The van der Waals surface area contributed by atoms with E-state index in [1.165, 1.54) is 5.56 Å². The molecule has 0 amide bonds. The summed E-state index contributed by atoms with van der Waals surface area (Å²) in [5.74, 6) is 1.47. The second-order valence-corrected chi connectivity index (χ2v) is 8.01. The molecule has 4 aromatic rings. The number of halogens is 1. The Morgan fingerprint density at radius 2 is 1.69 bits per heavy atom. The van der Waals surface area contributed by atoms with Crippen molar-refractivity contribution < 1.29 is 9.47 Å². The molecule has 164 valence electrons. The van der Waals surface area contributed by atoms with E-state index in [1.54, 1.807) is 22.8 Å². The average Bonchev–Trinajstić information content (AvgIpc) is 2.80. The van der Waals surface area contributed by atoms with Crippen molar-refractivity contribution in [3.8, 4) is 17.1 Å². The van der Waals surface area contributed by atoms with Crippen LogP contribution in [0, 0.1) is 13.8 Å². The van der Waals surface area contributed by atoms with Crippen LogP contribution in [0.3, 0.4) is 0 Å². The maximum absolute atomic E-state index is 13.2. The van der Waals surface area contributed by atoms with Crippen molar-refractivity contribution in [3.63, 3.8) is 0 Å². The van der Waals surface area contributed by atoms with Crippen LogP contribution in [0.1, 0.15) is 11.1 Å². The molecule has 1 heterocycles. The van der Waals surface area contributed by atoms with Gasteiger partial charge in [-0.3, -0.25) is 9.36 Å². The van der Waals surface area contributed by atoms with E-state index in [4.69, 9.17) is 26.1 Å². The summed E-state index contributed by atoms with van der Waals surface area (Å²) in [6, 6.07) is 20.7. The topological polar surface area (TPSA) is 53.4 Å². The summed E-state index contributed by atoms with van der Waals surface area (Å²) < 4.78 is 13.3. The zero-order valence-corrected chi connectivity index (χ0v) is 18.9. The minimum Gasteiger partial charge on any atom is -0.491 e. The SMILES string of the molecule is Cc1cccc(OCCOCCn2c(-c3ccc(Cl)cc3)nc3ccccc3c2=O)c1C. The molecule has 0 unspecified atom stereocenters. The highest BCUT2D eigenvalue weighted by molar-refractivity contribution is 6.30. The van der Waals surface area contributed by atoms with Crippen LogP contribution in [0.2, 0.25) is 5.02 Å². The van der Waals surface area contributed by atoms with Crippen LogP contribution in [0.4, 0.5) is 0 Å². The number of nitrogens with zero attached hydrogens (tertiary/aromatic N) is 2. The minimum atomic E-state index is -0.0872. The molecular formula is C26H25ClN2O3. The van der Waals surface area contributed by atoms with Crippen molar-refractivity contribution in [2.75, 3.05) is 19.8 Å². The molecule has 32 heavy (non-hydrogen) atoms. The standard InChI is InChI=1S/C26H25ClN2O3/c1-18-6-5-9-24(19(18)2)32-17-16-31-15-14-29-25(20-10-12-21(27)13-11-20)28-23-8-4-3-7-22(23)26(29)30/h3-13H,14-17H2,1-2H3. The Balaban J connectivity index is 1.46. The lowest BCUT2D eigenvalue weighted by Crippen LogP contribution is -2.26. The number of aromatic nitrogens is 2. The fourth-order valence-corrected chi connectivity index (χ4v) is 3.67. The Morgan fingerprint density at radius 3 is 2.50 bits per heavy atom. The number of aryl methyl sites for hydroxylation is 1. The molecule has 3 aromatic carbocycles. The highest BCUT2D eigenvalue weighted by atomic mass is 35.5. The molecular weight excluding hydrogens is 424 g/mol. The third kappa shape index (κ3) is 4.85. The van der Waals surface area contributed by atoms with Gasteiger partial charge in [-0.05, 0) is 67.4 Å². The van der Waals surface area contributed by atoms with Crippen LogP contribution in [-0.4, -0.2) is 29.4 Å². The van der Waals surface area contributed by atoms with Gasteiger partial charge in [-0.15, -0.1) is 0 Å². The lowest BCUT2D eigenvalue weighted by atomic mass is 10.1. The zero-order valence-electron chi connectivity index (χ0n) is 18.2. The maximum atomic E-state index is 13.2. The summed E-state index contributed by atoms with van der Waals surface area (Å²) in [6.45, 7) is 5.74. The van der Waals surface area contributed by atoms with Crippen molar-refractivity contribution >= 4 is 22.5 Å². The highest BCUT2D eigenvalue weighted by Gasteiger charge is 2.13. The highest BCUT2D eigenvalue weighted by Crippen LogP contribution is 2.22. The van der Waals surface area contributed by atoms with Crippen LogP contribution in [0.25, 0.3) is 22.3 Å². The third-order valence-corrected chi connectivity index (χ3v) is 5.72. The van der Waals surface area contributed by atoms with Gasteiger partial charge in [0.25, 0.3) is 5.56 Å². The van der Waals surface area contributed by atoms with Crippen molar-refractivity contribution in [2.45, 2.75) is 20.4 Å². The molecule has 0 spiro atoms. The van der Waals surface area contributed by atoms with E-state index < -0.39 is 0 Å². The Kier molecular flexibility index (Phi) is 6.88. The first-order chi connectivity index (χ1) is 15.5. The van der Waals surface area contributed by atoms with Gasteiger partial charge >= 0.3 is 0 Å². The van der Waals surface area contributed by atoms with E-state index >= 15 is 0 Å². The van der Waals surface area contributed by atoms with Gasteiger partial charge in [0.15, 0.2) is 0 Å². The number of para-hydroxylation sites is 1. The van der Waals surface area contributed by atoms with E-state index in [9.17, 15) is 4.79 Å². The van der Waals surface area contributed by atoms with Crippen LogP contribution in [0.5, 0.6) is 5.75 Å². The minimum absolute atomic E-state index is 0.0872. The predicted octanol–water partition coefficient (Wildman–Crippen LogP) is 5.43. The Bertz CT molecular complexity index is 1280. The molecule has 0 aliphatic carbocycles. The molecule has 0 aliphatic rings. The van der Waals surface area contributed by atoms with Gasteiger partial charge in [-0.1, -0.05) is 35.9 Å². The number of fused-ring (bicyclic) bond motifs is 1. The number of ether oxygens (including phenoxy) is 2. The predicted molar refractivity (Wildman–Crippen MR) is 129 cm³/mol. The normalized spacial score (nSPS) is 11.1. The zero-order chi connectivity index (χ0) is 22.5. The summed E-state index contributed by atoms with van der Waals surface area (Å²) in [6.07, 6.45) is 0. The average molecular weight is 449 g/mol. The number of rotatable bonds is 8. The van der Waals surface area contributed by atoms with Crippen molar-refractivity contribution in [1.82, 2.24) is 9.55 Å². The molecule has 0 atom stereocenters. The summed E-state index contributed by atoms with van der Waals surface area (Å²) in [7, 11) is 0. The van der Waals surface area contributed by atoms with Gasteiger partial charge in [-0.25, -0.2) is 4.98 Å². The molecule has 0 bridgehead atoms. The summed E-state index contributed by atoms with van der Waals surface area (Å²) in [5.41, 5.74) is 3.74. The Morgan fingerprint density at radius 1 is 0.906 bits per heavy atom. The van der Waals surface area contributed by atoms with E-state index in [1.807, 2.05) is 49.4 Å². The van der Waals surface area contributed by atoms with E-state index in [2.05, 4.69) is 13.0 Å². The number of benzene rings is 3. The Labute approximate surface area is 192 Å². The van der Waals surface area contributed by atoms with Gasteiger partial charge in [0.1, 0.15) is 18.2 Å². The molecule has 0 saturated heterocycles. The van der Waals surface area contributed by atoms with Gasteiger partial charge in [-0.2, -0.15) is 0 Å². The van der Waals surface area contributed by atoms with E-state index in [-0.39, 0.29) is 5.56 Å². The number of hydrogen-bond donors (Lipinski definition) is 0. The molecule has 0 aliphatic heterocycles. The summed E-state index contributed by atoms with van der Waals surface area (Å²) in [4.78, 5) is 17.9. The summed E-state index contributed by atoms with van der Waals surface area (Å²) >= 11 is 6.04. The first-order valence-electron chi connectivity index (χ1n) is 10.6. The molecule has 1 aromatic heterocycles. The van der Waals surface area contributed by atoms with E-state index in [0.29, 0.717) is 48.1 Å². The van der Waals surface area contributed by atoms with Crippen LogP contribution in [-0.2, 0) is 11.3 Å². The molecule has 4 rings (SSSR count). The van der Waals surface area contributed by atoms with Gasteiger partial charge in [0, 0.05) is 10.6 Å². The number of hydrogen-bond acceptors (Lipinski definition) is 4. The maximum Gasteiger partial charge on any atom is 0.261 e.